The number of benzene rings is 1. The predicted octanol–water partition coefficient (Wildman–Crippen LogP) is 3.15. The van der Waals surface area contributed by atoms with E-state index in [1.807, 2.05) is 49.1 Å². The molecule has 0 unspecified atom stereocenters. The van der Waals surface area contributed by atoms with E-state index in [0.29, 0.717) is 42.6 Å². The number of carbonyl (C=O) groups excluding carboxylic acids is 1. The number of hydrogen-bond acceptors (Lipinski definition) is 7. The molecule has 168 valence electrons. The fourth-order valence-electron chi connectivity index (χ4n) is 4.01. The Balaban J connectivity index is 1.32. The van der Waals surface area contributed by atoms with E-state index in [1.165, 1.54) is 5.69 Å². The molecule has 5 rings (SSSR count). The quantitative estimate of drug-likeness (QED) is 0.468. The number of carbonyl (C=O) groups is 1. The molecule has 33 heavy (non-hydrogen) atoms. The van der Waals surface area contributed by atoms with Crippen molar-refractivity contribution in [2.24, 2.45) is 0 Å². The second-order valence-electron chi connectivity index (χ2n) is 7.94. The first-order valence-electron chi connectivity index (χ1n) is 11.1. The molecule has 0 N–H and O–H groups in total. The number of piperazine rings is 1. The Morgan fingerprint density at radius 2 is 1.88 bits per heavy atom. The summed E-state index contributed by atoms with van der Waals surface area (Å²) in [5, 5.41) is 8.40. The van der Waals surface area contributed by atoms with Crippen LogP contribution >= 0.6 is 0 Å². The summed E-state index contributed by atoms with van der Waals surface area (Å²) in [5.41, 5.74) is 3.27. The van der Waals surface area contributed by atoms with Crippen molar-refractivity contribution in [3.05, 3.63) is 71.9 Å². The zero-order valence-corrected chi connectivity index (χ0v) is 18.7. The number of hydrogen-bond donors (Lipinski definition) is 0. The molecule has 0 aliphatic carbocycles. The molecule has 4 aromatic rings. The molecule has 1 aromatic carbocycles. The molecule has 0 atom stereocenters. The standard InChI is InChI=1S/C24H25N7O2/c1-3-21-27-23(33-28-21)18-9-10-25-22(15-18)31-17(2)20(16-26-31)24(32)30-13-11-29(12-14-30)19-7-5-4-6-8-19/h4-10,15-16H,3,11-14H2,1-2H3. The van der Waals surface area contributed by atoms with Crippen molar-refractivity contribution in [2.75, 3.05) is 31.1 Å². The van der Waals surface area contributed by atoms with E-state index in [-0.39, 0.29) is 5.91 Å². The van der Waals surface area contributed by atoms with Gasteiger partial charge in [-0.05, 0) is 31.2 Å². The smallest absolute Gasteiger partial charge is 0.258 e. The fraction of sp³-hybridized carbons (Fsp3) is 0.292. The Bertz CT molecular complexity index is 1260. The molecule has 0 radical (unpaired) electrons. The summed E-state index contributed by atoms with van der Waals surface area (Å²) >= 11 is 0. The molecule has 1 fully saturated rings. The molecule has 9 nitrogen and oxygen atoms in total. The van der Waals surface area contributed by atoms with Gasteiger partial charge >= 0.3 is 0 Å². The molecule has 0 saturated carbocycles. The second-order valence-corrected chi connectivity index (χ2v) is 7.94. The van der Waals surface area contributed by atoms with Gasteiger partial charge in [-0.3, -0.25) is 4.79 Å². The topological polar surface area (TPSA) is 93.2 Å². The van der Waals surface area contributed by atoms with Crippen LogP contribution in [0.5, 0.6) is 0 Å². The van der Waals surface area contributed by atoms with Crippen molar-refractivity contribution in [3.8, 4) is 17.3 Å². The summed E-state index contributed by atoms with van der Waals surface area (Å²) in [7, 11) is 0. The van der Waals surface area contributed by atoms with Crippen molar-refractivity contribution < 1.29 is 9.32 Å². The number of amides is 1. The van der Waals surface area contributed by atoms with Gasteiger partial charge < -0.3 is 14.3 Å². The Hall–Kier alpha value is -4.01. The summed E-state index contributed by atoms with van der Waals surface area (Å²) in [6.07, 6.45) is 3.99. The normalized spacial score (nSPS) is 14.0. The van der Waals surface area contributed by atoms with E-state index in [2.05, 4.69) is 37.3 Å². The first-order chi connectivity index (χ1) is 16.1. The lowest BCUT2D eigenvalue weighted by Crippen LogP contribution is -2.48. The molecule has 3 aromatic heterocycles. The molecule has 1 aliphatic rings. The molecular formula is C24H25N7O2. The first-order valence-corrected chi connectivity index (χ1v) is 11.1. The Kier molecular flexibility index (Phi) is 5.60. The van der Waals surface area contributed by atoms with Gasteiger partial charge in [0, 0.05) is 50.0 Å². The summed E-state index contributed by atoms with van der Waals surface area (Å²) in [6.45, 7) is 6.80. The highest BCUT2D eigenvalue weighted by atomic mass is 16.5. The number of para-hydroxylation sites is 1. The zero-order chi connectivity index (χ0) is 22.8. The molecule has 1 aliphatic heterocycles. The van der Waals surface area contributed by atoms with Gasteiger partial charge in [0.1, 0.15) is 0 Å². The lowest BCUT2D eigenvalue weighted by atomic mass is 10.2. The molecule has 0 bridgehead atoms. The number of aromatic nitrogens is 5. The van der Waals surface area contributed by atoms with Gasteiger partial charge in [0.05, 0.1) is 17.5 Å². The number of pyridine rings is 1. The van der Waals surface area contributed by atoms with Crippen LogP contribution in [0.2, 0.25) is 0 Å². The molecule has 0 spiro atoms. The van der Waals surface area contributed by atoms with Crippen LogP contribution in [0, 0.1) is 6.92 Å². The maximum Gasteiger partial charge on any atom is 0.258 e. The average Bonchev–Trinajstić information content (AvgIpc) is 3.51. The van der Waals surface area contributed by atoms with E-state index in [1.54, 1.807) is 17.1 Å². The van der Waals surface area contributed by atoms with Crippen molar-refractivity contribution in [1.82, 2.24) is 29.8 Å². The number of nitrogens with zero attached hydrogens (tertiary/aromatic N) is 7. The van der Waals surface area contributed by atoms with Gasteiger partial charge in [0.2, 0.25) is 0 Å². The highest BCUT2D eigenvalue weighted by Gasteiger charge is 2.25. The van der Waals surface area contributed by atoms with Crippen molar-refractivity contribution in [1.29, 1.82) is 0 Å². The summed E-state index contributed by atoms with van der Waals surface area (Å²) in [4.78, 5) is 26.2. The Morgan fingerprint density at radius 3 is 2.61 bits per heavy atom. The third-order valence-corrected chi connectivity index (χ3v) is 5.92. The van der Waals surface area contributed by atoms with Crippen LogP contribution < -0.4 is 4.90 Å². The van der Waals surface area contributed by atoms with E-state index in [4.69, 9.17) is 4.52 Å². The van der Waals surface area contributed by atoms with Crippen molar-refractivity contribution >= 4 is 11.6 Å². The maximum atomic E-state index is 13.2. The lowest BCUT2D eigenvalue weighted by Gasteiger charge is -2.36. The monoisotopic (exact) mass is 443 g/mol. The van der Waals surface area contributed by atoms with E-state index in [9.17, 15) is 4.79 Å². The van der Waals surface area contributed by atoms with Gasteiger partial charge in [-0.15, -0.1) is 0 Å². The molecule has 9 heteroatoms. The second kappa shape index (κ2) is 8.85. The van der Waals surface area contributed by atoms with Gasteiger partial charge in [0.25, 0.3) is 11.8 Å². The zero-order valence-electron chi connectivity index (χ0n) is 18.7. The fourth-order valence-corrected chi connectivity index (χ4v) is 4.01. The lowest BCUT2D eigenvalue weighted by molar-refractivity contribution is 0.0746. The molecule has 1 amide bonds. The average molecular weight is 444 g/mol. The first kappa shape index (κ1) is 20.9. The third-order valence-electron chi connectivity index (χ3n) is 5.92. The van der Waals surface area contributed by atoms with Crippen LogP contribution in [0.1, 0.15) is 28.8 Å². The van der Waals surface area contributed by atoms with Gasteiger partial charge in [-0.25, -0.2) is 9.67 Å². The Morgan fingerprint density at radius 1 is 1.09 bits per heavy atom. The molecule has 1 saturated heterocycles. The van der Waals surface area contributed by atoms with E-state index in [0.717, 1.165) is 24.3 Å². The van der Waals surface area contributed by atoms with Crippen LogP contribution in [0.3, 0.4) is 0 Å². The maximum absolute atomic E-state index is 13.2. The van der Waals surface area contributed by atoms with Crippen LogP contribution in [0.15, 0.2) is 59.4 Å². The third kappa shape index (κ3) is 4.09. The molecule has 4 heterocycles. The number of anilines is 1. The molecular weight excluding hydrogens is 418 g/mol. The minimum atomic E-state index is -0.00731. The minimum absolute atomic E-state index is 0.00731. The van der Waals surface area contributed by atoms with Crippen LogP contribution in [0.25, 0.3) is 17.3 Å². The van der Waals surface area contributed by atoms with Crippen LogP contribution in [-0.2, 0) is 6.42 Å². The van der Waals surface area contributed by atoms with Crippen LogP contribution in [0.4, 0.5) is 5.69 Å². The summed E-state index contributed by atoms with van der Waals surface area (Å²) in [5.74, 6) is 1.67. The van der Waals surface area contributed by atoms with Gasteiger partial charge in [0.15, 0.2) is 11.6 Å². The Labute approximate surface area is 191 Å². The van der Waals surface area contributed by atoms with Crippen molar-refractivity contribution in [3.63, 3.8) is 0 Å². The SMILES string of the molecule is CCc1noc(-c2ccnc(-n3ncc(C(=O)N4CCN(c5ccccc5)CC4)c3C)c2)n1. The largest absolute Gasteiger partial charge is 0.368 e. The minimum Gasteiger partial charge on any atom is -0.368 e. The van der Waals surface area contributed by atoms with Crippen LogP contribution in [-0.4, -0.2) is 61.9 Å². The van der Waals surface area contributed by atoms with Crippen molar-refractivity contribution in [2.45, 2.75) is 20.3 Å². The van der Waals surface area contributed by atoms with Gasteiger partial charge in [-0.1, -0.05) is 30.3 Å². The summed E-state index contributed by atoms with van der Waals surface area (Å²) in [6, 6.07) is 13.9. The number of rotatable bonds is 5. The predicted molar refractivity (Wildman–Crippen MR) is 123 cm³/mol. The highest BCUT2D eigenvalue weighted by Crippen LogP contribution is 2.22. The highest BCUT2D eigenvalue weighted by molar-refractivity contribution is 5.95. The van der Waals surface area contributed by atoms with E-state index >= 15 is 0 Å². The summed E-state index contributed by atoms with van der Waals surface area (Å²) < 4.78 is 7.02. The van der Waals surface area contributed by atoms with Gasteiger partial charge in [-0.2, -0.15) is 10.1 Å². The van der Waals surface area contributed by atoms with E-state index < -0.39 is 0 Å². The number of aryl methyl sites for hydroxylation is 1.